The number of hydrogen-bond acceptors (Lipinski definition) is 6. The molecule has 0 spiro atoms. The Hall–Kier alpha value is -3.00. The van der Waals surface area contributed by atoms with Gasteiger partial charge in [-0.05, 0) is 71.3 Å². The molecule has 0 saturated carbocycles. The second-order valence-electron chi connectivity index (χ2n) is 8.06. The first-order chi connectivity index (χ1) is 18.1. The van der Waals surface area contributed by atoms with Crippen molar-refractivity contribution in [3.8, 4) is 11.5 Å². The number of carbonyl (C=O) groups excluding carboxylic acids is 1. The van der Waals surface area contributed by atoms with Crippen LogP contribution in [-0.4, -0.2) is 50.3 Å². The van der Waals surface area contributed by atoms with E-state index in [-0.39, 0.29) is 11.9 Å². The van der Waals surface area contributed by atoms with Gasteiger partial charge in [0.1, 0.15) is 0 Å². The van der Waals surface area contributed by atoms with Gasteiger partial charge in [-0.2, -0.15) is 0 Å². The standard InChI is InChI=1S/C27H30N2O3S.C2H6.CH4O/c1-4-19-10-12-22(13-11-19)33-28-26(30)18-29-15-14-21-16-24(31-2)25(32-3)17-23(21)27(29)20-8-6-5-7-9-20;2*1-2/h5-13,16-17,27H,4,14-15,18H2,1-3H3,(H,28,30);1-2H3;2H,1H3. The van der Waals surface area contributed by atoms with E-state index in [9.17, 15) is 4.79 Å². The highest BCUT2D eigenvalue weighted by atomic mass is 32.2. The fourth-order valence-corrected chi connectivity index (χ4v) is 4.89. The number of rotatable bonds is 8. The maximum atomic E-state index is 12.9. The SMILES string of the molecule is CC.CCc1ccc(SNC(=O)CN2CCc3cc(OC)c(OC)cc3C2c2ccccc2)cc1.CO. The Balaban J connectivity index is 0.00000115. The molecule has 4 rings (SSSR count). The number of hydrogen-bond donors (Lipinski definition) is 2. The highest BCUT2D eigenvalue weighted by Crippen LogP contribution is 2.40. The first-order valence-corrected chi connectivity index (χ1v) is 13.5. The number of nitrogens with one attached hydrogen (secondary N) is 1. The van der Waals surface area contributed by atoms with Gasteiger partial charge < -0.3 is 14.6 Å². The lowest BCUT2D eigenvalue weighted by Crippen LogP contribution is -2.41. The van der Waals surface area contributed by atoms with Crippen LogP contribution in [0.2, 0.25) is 0 Å². The third-order valence-corrected chi connectivity index (χ3v) is 6.89. The summed E-state index contributed by atoms with van der Waals surface area (Å²) in [5.41, 5.74) is 4.82. The van der Waals surface area contributed by atoms with Gasteiger partial charge in [0.25, 0.3) is 0 Å². The van der Waals surface area contributed by atoms with Crippen molar-refractivity contribution >= 4 is 17.9 Å². The van der Waals surface area contributed by atoms with Gasteiger partial charge in [-0.25, -0.2) is 0 Å². The maximum absolute atomic E-state index is 12.9. The zero-order valence-corrected chi connectivity index (χ0v) is 23.6. The number of methoxy groups -OCH3 is 2. The van der Waals surface area contributed by atoms with Crippen molar-refractivity contribution < 1.29 is 19.4 Å². The van der Waals surface area contributed by atoms with Crippen molar-refractivity contribution in [2.24, 2.45) is 0 Å². The van der Waals surface area contributed by atoms with E-state index in [0.29, 0.717) is 12.3 Å². The predicted octanol–water partition coefficient (Wildman–Crippen LogP) is 5.67. The number of aliphatic hydroxyl groups excluding tert-OH is 1. The van der Waals surface area contributed by atoms with E-state index in [0.717, 1.165) is 48.3 Å². The molecule has 0 aromatic heterocycles. The first-order valence-electron chi connectivity index (χ1n) is 12.7. The lowest BCUT2D eigenvalue weighted by Gasteiger charge is -2.37. The Bertz CT molecular complexity index is 1090. The van der Waals surface area contributed by atoms with Crippen molar-refractivity contribution in [2.45, 2.75) is 44.6 Å². The highest BCUT2D eigenvalue weighted by Gasteiger charge is 2.31. The van der Waals surface area contributed by atoms with E-state index in [1.807, 2.05) is 44.2 Å². The average molecular weight is 525 g/mol. The van der Waals surface area contributed by atoms with E-state index in [1.165, 1.54) is 23.1 Å². The van der Waals surface area contributed by atoms with E-state index < -0.39 is 0 Å². The van der Waals surface area contributed by atoms with Crippen molar-refractivity contribution in [3.05, 3.63) is 89.0 Å². The van der Waals surface area contributed by atoms with Crippen LogP contribution in [0.15, 0.2) is 71.6 Å². The molecular weight excluding hydrogens is 484 g/mol. The van der Waals surface area contributed by atoms with E-state index >= 15 is 0 Å². The van der Waals surface area contributed by atoms with Crippen LogP contribution < -0.4 is 14.2 Å². The van der Waals surface area contributed by atoms with E-state index in [2.05, 4.69) is 52.9 Å². The summed E-state index contributed by atoms with van der Waals surface area (Å²) in [4.78, 5) is 16.2. The predicted molar refractivity (Wildman–Crippen MR) is 152 cm³/mol. The lowest BCUT2D eigenvalue weighted by molar-refractivity contribution is -0.120. The molecule has 2 N–H and O–H groups in total. The summed E-state index contributed by atoms with van der Waals surface area (Å²) in [6.45, 7) is 7.23. The van der Waals surface area contributed by atoms with Crippen molar-refractivity contribution in [2.75, 3.05) is 34.4 Å². The normalized spacial score (nSPS) is 14.2. The third kappa shape index (κ3) is 7.99. The Morgan fingerprint density at radius 3 is 2.22 bits per heavy atom. The molecule has 3 aromatic rings. The maximum Gasteiger partial charge on any atom is 0.244 e. The van der Waals surface area contributed by atoms with Crippen LogP contribution in [0.3, 0.4) is 0 Å². The number of fused-ring (bicyclic) bond motifs is 1. The molecule has 200 valence electrons. The number of amides is 1. The Kier molecular flexibility index (Phi) is 13.0. The molecule has 1 atom stereocenters. The summed E-state index contributed by atoms with van der Waals surface area (Å²) in [5.74, 6) is 1.43. The largest absolute Gasteiger partial charge is 0.493 e. The molecule has 1 aliphatic heterocycles. The molecule has 6 nitrogen and oxygen atoms in total. The van der Waals surface area contributed by atoms with Gasteiger partial charge in [-0.1, -0.05) is 63.2 Å². The highest BCUT2D eigenvalue weighted by molar-refractivity contribution is 7.98. The molecule has 0 radical (unpaired) electrons. The number of aliphatic hydroxyl groups is 1. The van der Waals surface area contributed by atoms with Crippen LogP contribution in [0.1, 0.15) is 49.1 Å². The zero-order chi connectivity index (χ0) is 27.2. The molecule has 1 amide bonds. The number of benzene rings is 3. The summed E-state index contributed by atoms with van der Waals surface area (Å²) in [7, 11) is 4.31. The summed E-state index contributed by atoms with van der Waals surface area (Å²) < 4.78 is 14.1. The van der Waals surface area contributed by atoms with E-state index in [4.69, 9.17) is 14.6 Å². The molecule has 3 aromatic carbocycles. The molecule has 0 aliphatic carbocycles. The number of ether oxygens (including phenoxy) is 2. The van der Waals surface area contributed by atoms with Gasteiger partial charge >= 0.3 is 0 Å². The Morgan fingerprint density at radius 2 is 1.62 bits per heavy atom. The second-order valence-corrected chi connectivity index (χ2v) is 8.94. The number of aryl methyl sites for hydroxylation is 1. The summed E-state index contributed by atoms with van der Waals surface area (Å²) >= 11 is 1.37. The van der Waals surface area contributed by atoms with Gasteiger partial charge in [-0.3, -0.25) is 14.4 Å². The molecule has 1 unspecified atom stereocenters. The summed E-state index contributed by atoms with van der Waals surface area (Å²) in [6, 6.07) is 22.7. The van der Waals surface area contributed by atoms with Crippen LogP contribution in [-0.2, 0) is 17.6 Å². The zero-order valence-electron chi connectivity index (χ0n) is 22.8. The Labute approximate surface area is 226 Å². The molecule has 0 bridgehead atoms. The average Bonchev–Trinajstić information content (AvgIpc) is 2.98. The third-order valence-electron chi connectivity index (χ3n) is 6.05. The molecule has 0 fully saturated rings. The van der Waals surface area contributed by atoms with Crippen LogP contribution in [0.25, 0.3) is 0 Å². The van der Waals surface area contributed by atoms with Gasteiger partial charge in [0.05, 0.1) is 26.8 Å². The minimum Gasteiger partial charge on any atom is -0.493 e. The number of carbonyl (C=O) groups is 1. The molecule has 1 heterocycles. The van der Waals surface area contributed by atoms with Crippen LogP contribution in [0.5, 0.6) is 11.5 Å². The lowest BCUT2D eigenvalue weighted by atomic mass is 9.87. The minimum atomic E-state index is -0.0330. The monoisotopic (exact) mass is 524 g/mol. The minimum absolute atomic E-state index is 0.00979. The fourth-order valence-electron chi connectivity index (χ4n) is 4.32. The quantitative estimate of drug-likeness (QED) is 0.370. The van der Waals surface area contributed by atoms with Gasteiger partial charge in [0.15, 0.2) is 11.5 Å². The number of nitrogens with zero attached hydrogens (tertiary/aromatic N) is 1. The van der Waals surface area contributed by atoms with Crippen molar-refractivity contribution in [3.63, 3.8) is 0 Å². The van der Waals surface area contributed by atoms with Crippen LogP contribution in [0, 0.1) is 0 Å². The first kappa shape index (κ1) is 30.2. The molecule has 7 heteroatoms. The second kappa shape index (κ2) is 16.0. The van der Waals surface area contributed by atoms with Crippen molar-refractivity contribution in [1.82, 2.24) is 9.62 Å². The van der Waals surface area contributed by atoms with Gasteiger partial charge in [0.2, 0.25) is 5.91 Å². The summed E-state index contributed by atoms with van der Waals surface area (Å²) in [5, 5.41) is 7.00. The van der Waals surface area contributed by atoms with Crippen LogP contribution >= 0.6 is 11.9 Å². The van der Waals surface area contributed by atoms with Crippen molar-refractivity contribution in [1.29, 1.82) is 0 Å². The van der Waals surface area contributed by atoms with E-state index in [1.54, 1.807) is 14.2 Å². The van der Waals surface area contributed by atoms with Crippen LogP contribution in [0.4, 0.5) is 0 Å². The molecule has 1 aliphatic rings. The molecule has 0 saturated heterocycles. The Morgan fingerprint density at radius 1 is 1.00 bits per heavy atom. The van der Waals surface area contributed by atoms with Gasteiger partial charge in [-0.15, -0.1) is 0 Å². The fraction of sp³-hybridized carbons (Fsp3) is 0.367. The van der Waals surface area contributed by atoms with Gasteiger partial charge in [0, 0.05) is 18.6 Å². The summed E-state index contributed by atoms with van der Waals surface area (Å²) in [6.07, 6.45) is 1.85. The molecular formula is C30H40N2O4S. The molecule has 37 heavy (non-hydrogen) atoms. The smallest absolute Gasteiger partial charge is 0.244 e. The topological polar surface area (TPSA) is 71.0 Å².